The van der Waals surface area contributed by atoms with Gasteiger partial charge in [-0.25, -0.2) is 15.0 Å². The summed E-state index contributed by atoms with van der Waals surface area (Å²) in [6, 6.07) is 0.258. The normalized spacial score (nSPS) is 23.0. The summed E-state index contributed by atoms with van der Waals surface area (Å²) in [5.74, 6) is 0.321. The molecule has 0 radical (unpaired) electrons. The second-order valence-electron chi connectivity index (χ2n) is 4.40. The van der Waals surface area contributed by atoms with Gasteiger partial charge in [0.2, 0.25) is 0 Å². The molecular weight excluding hydrogens is 252 g/mol. The molecular formula is C12H13ClN4O. The van der Waals surface area contributed by atoms with E-state index >= 15 is 0 Å². The zero-order valence-corrected chi connectivity index (χ0v) is 10.5. The molecule has 1 aliphatic carbocycles. The van der Waals surface area contributed by atoms with Crippen molar-refractivity contribution < 1.29 is 5.11 Å². The Hall–Kier alpha value is -1.46. The van der Waals surface area contributed by atoms with Crippen LogP contribution >= 0.6 is 11.6 Å². The molecule has 5 nitrogen and oxygen atoms in total. The van der Waals surface area contributed by atoms with Crippen molar-refractivity contribution in [1.29, 1.82) is 0 Å². The van der Waals surface area contributed by atoms with Gasteiger partial charge >= 0.3 is 0 Å². The van der Waals surface area contributed by atoms with Crippen LogP contribution in [0.25, 0.3) is 11.2 Å². The number of fused-ring (bicyclic) bond motifs is 1. The number of aliphatic hydroxyl groups is 1. The van der Waals surface area contributed by atoms with Crippen LogP contribution in [-0.4, -0.2) is 31.2 Å². The van der Waals surface area contributed by atoms with Crippen molar-refractivity contribution in [2.45, 2.75) is 18.9 Å². The van der Waals surface area contributed by atoms with Crippen molar-refractivity contribution in [2.75, 3.05) is 6.61 Å². The molecule has 0 aliphatic heterocycles. The van der Waals surface area contributed by atoms with Crippen LogP contribution in [0.4, 0.5) is 0 Å². The van der Waals surface area contributed by atoms with Crippen LogP contribution in [0.2, 0.25) is 5.15 Å². The maximum absolute atomic E-state index is 9.09. The van der Waals surface area contributed by atoms with Crippen LogP contribution in [0, 0.1) is 5.92 Å². The Labute approximate surface area is 109 Å². The van der Waals surface area contributed by atoms with Crippen LogP contribution < -0.4 is 0 Å². The standard InChI is InChI=1S/C12H13ClN4O/c13-11-10-12(15-6-14-11)17(7-16-10)9-3-1-2-8(9)4-5-18/h1-2,6-9,18H,3-5H2/t8-,9-/m0/s1. The van der Waals surface area contributed by atoms with Crippen LogP contribution in [0.15, 0.2) is 24.8 Å². The number of nitrogens with zero attached hydrogens (tertiary/aromatic N) is 4. The first-order chi connectivity index (χ1) is 8.81. The van der Waals surface area contributed by atoms with E-state index in [2.05, 4.69) is 27.1 Å². The highest BCUT2D eigenvalue weighted by Gasteiger charge is 2.26. The van der Waals surface area contributed by atoms with Gasteiger partial charge in [-0.1, -0.05) is 23.8 Å². The monoisotopic (exact) mass is 264 g/mol. The molecule has 94 valence electrons. The van der Waals surface area contributed by atoms with Gasteiger partial charge in [-0.05, 0) is 12.8 Å². The Morgan fingerprint density at radius 2 is 2.28 bits per heavy atom. The minimum Gasteiger partial charge on any atom is -0.396 e. The van der Waals surface area contributed by atoms with Crippen LogP contribution in [0.5, 0.6) is 0 Å². The highest BCUT2D eigenvalue weighted by atomic mass is 35.5. The summed E-state index contributed by atoms with van der Waals surface area (Å²) >= 11 is 5.99. The average Bonchev–Trinajstić information content (AvgIpc) is 2.96. The molecule has 2 aromatic rings. The van der Waals surface area contributed by atoms with Crippen molar-refractivity contribution in [1.82, 2.24) is 19.5 Å². The summed E-state index contributed by atoms with van der Waals surface area (Å²) in [7, 11) is 0. The van der Waals surface area contributed by atoms with Crippen molar-refractivity contribution >= 4 is 22.8 Å². The lowest BCUT2D eigenvalue weighted by molar-refractivity contribution is 0.250. The topological polar surface area (TPSA) is 63.8 Å². The summed E-state index contributed by atoms with van der Waals surface area (Å²) in [4.78, 5) is 12.5. The lowest BCUT2D eigenvalue weighted by Crippen LogP contribution is -2.15. The van der Waals surface area contributed by atoms with Gasteiger partial charge in [-0.15, -0.1) is 0 Å². The van der Waals surface area contributed by atoms with E-state index in [1.54, 1.807) is 6.33 Å². The second kappa shape index (κ2) is 4.66. The van der Waals surface area contributed by atoms with E-state index in [9.17, 15) is 0 Å². The molecule has 18 heavy (non-hydrogen) atoms. The van der Waals surface area contributed by atoms with Crippen molar-refractivity contribution in [3.63, 3.8) is 0 Å². The molecule has 0 bridgehead atoms. The SMILES string of the molecule is OCC[C@@H]1C=CC[C@@H]1n1cnc2c(Cl)ncnc21. The van der Waals surface area contributed by atoms with Gasteiger partial charge in [0.25, 0.3) is 0 Å². The molecule has 0 spiro atoms. The maximum atomic E-state index is 9.09. The molecule has 1 N–H and O–H groups in total. The molecule has 2 heterocycles. The Balaban J connectivity index is 2.02. The number of allylic oxidation sites excluding steroid dienone is 2. The summed E-state index contributed by atoms with van der Waals surface area (Å²) in [5.41, 5.74) is 1.39. The molecule has 0 amide bonds. The third-order valence-corrected chi connectivity index (χ3v) is 3.67. The van der Waals surface area contributed by atoms with E-state index in [1.165, 1.54) is 6.33 Å². The predicted octanol–water partition coefficient (Wildman–Crippen LogP) is 1.98. The Morgan fingerprint density at radius 1 is 1.39 bits per heavy atom. The highest BCUT2D eigenvalue weighted by molar-refractivity contribution is 6.33. The van der Waals surface area contributed by atoms with E-state index < -0.39 is 0 Å². The highest BCUT2D eigenvalue weighted by Crippen LogP contribution is 2.34. The molecule has 1 aliphatic rings. The fourth-order valence-electron chi connectivity index (χ4n) is 2.52. The van der Waals surface area contributed by atoms with Crippen LogP contribution in [-0.2, 0) is 0 Å². The van der Waals surface area contributed by atoms with Crippen molar-refractivity contribution in [3.05, 3.63) is 30.0 Å². The fourth-order valence-corrected chi connectivity index (χ4v) is 2.70. The smallest absolute Gasteiger partial charge is 0.165 e. The quantitative estimate of drug-likeness (QED) is 0.680. The van der Waals surface area contributed by atoms with Gasteiger partial charge in [0.1, 0.15) is 11.8 Å². The summed E-state index contributed by atoms with van der Waals surface area (Å²) in [5, 5.41) is 9.47. The lowest BCUT2D eigenvalue weighted by Gasteiger charge is -2.20. The number of rotatable bonds is 3. The van der Waals surface area contributed by atoms with Crippen molar-refractivity contribution in [2.24, 2.45) is 5.92 Å². The van der Waals surface area contributed by atoms with Gasteiger partial charge in [0.05, 0.1) is 6.33 Å². The summed E-state index contributed by atoms with van der Waals surface area (Å²) in [6.07, 6.45) is 9.17. The average molecular weight is 265 g/mol. The van der Waals surface area contributed by atoms with E-state index in [-0.39, 0.29) is 12.6 Å². The molecule has 0 saturated heterocycles. The number of imidazole rings is 1. The van der Waals surface area contributed by atoms with E-state index in [4.69, 9.17) is 16.7 Å². The van der Waals surface area contributed by atoms with Gasteiger partial charge < -0.3 is 9.67 Å². The predicted molar refractivity (Wildman–Crippen MR) is 68.3 cm³/mol. The first-order valence-corrected chi connectivity index (χ1v) is 6.29. The molecule has 6 heteroatoms. The maximum Gasteiger partial charge on any atom is 0.165 e. The molecule has 0 saturated carbocycles. The third kappa shape index (κ3) is 1.79. The fraction of sp³-hybridized carbons (Fsp3) is 0.417. The molecule has 0 aromatic carbocycles. The number of hydrogen-bond donors (Lipinski definition) is 1. The largest absolute Gasteiger partial charge is 0.396 e. The van der Waals surface area contributed by atoms with Gasteiger partial charge in [0, 0.05) is 18.6 Å². The summed E-state index contributed by atoms with van der Waals surface area (Å²) in [6.45, 7) is 0.188. The van der Waals surface area contributed by atoms with E-state index in [0.717, 1.165) is 18.5 Å². The number of hydrogen-bond acceptors (Lipinski definition) is 4. The molecule has 2 aromatic heterocycles. The Bertz CT molecular complexity index is 595. The minimum absolute atomic E-state index is 0.188. The zero-order valence-electron chi connectivity index (χ0n) is 9.70. The van der Waals surface area contributed by atoms with Crippen LogP contribution in [0.3, 0.4) is 0 Å². The molecule has 0 unspecified atom stereocenters. The summed E-state index contributed by atoms with van der Waals surface area (Å²) < 4.78 is 2.03. The van der Waals surface area contributed by atoms with E-state index in [1.807, 2.05) is 4.57 Å². The molecule has 3 rings (SSSR count). The number of aromatic nitrogens is 4. The van der Waals surface area contributed by atoms with Crippen LogP contribution in [0.1, 0.15) is 18.9 Å². The third-order valence-electron chi connectivity index (χ3n) is 3.39. The van der Waals surface area contributed by atoms with Crippen molar-refractivity contribution in [3.8, 4) is 0 Å². The number of aliphatic hydroxyl groups excluding tert-OH is 1. The molecule has 0 fully saturated rings. The van der Waals surface area contributed by atoms with Gasteiger partial charge in [-0.2, -0.15) is 0 Å². The van der Waals surface area contributed by atoms with Gasteiger partial charge in [0.15, 0.2) is 10.8 Å². The zero-order chi connectivity index (χ0) is 12.5. The minimum atomic E-state index is 0.188. The first-order valence-electron chi connectivity index (χ1n) is 5.92. The second-order valence-corrected chi connectivity index (χ2v) is 4.75. The lowest BCUT2D eigenvalue weighted by atomic mass is 10.00. The number of halogens is 1. The first kappa shape index (κ1) is 11.6. The van der Waals surface area contributed by atoms with E-state index in [0.29, 0.717) is 16.6 Å². The Morgan fingerprint density at radius 3 is 3.11 bits per heavy atom. The Kier molecular flexibility index (Phi) is 3.01. The van der Waals surface area contributed by atoms with Gasteiger partial charge in [-0.3, -0.25) is 0 Å². The molecule has 2 atom stereocenters.